The highest BCUT2D eigenvalue weighted by molar-refractivity contribution is 6.33. The van der Waals surface area contributed by atoms with Crippen molar-refractivity contribution in [2.75, 3.05) is 12.4 Å². The van der Waals surface area contributed by atoms with Gasteiger partial charge in [-0.1, -0.05) is 11.6 Å². The molecule has 0 aliphatic rings. The summed E-state index contributed by atoms with van der Waals surface area (Å²) in [5.41, 5.74) is -1.11. The number of nitrogens with one attached hydrogen (secondary N) is 1. The number of fused-ring (bicyclic) bond motifs is 1. The van der Waals surface area contributed by atoms with Crippen LogP contribution in [0.4, 0.5) is 27.8 Å². The number of alkyl halides is 3. The minimum absolute atomic E-state index is 0.113. The van der Waals surface area contributed by atoms with Gasteiger partial charge in [0.25, 0.3) is 5.78 Å². The lowest BCUT2D eigenvalue weighted by Crippen LogP contribution is -2.34. The number of halogens is 6. The van der Waals surface area contributed by atoms with Crippen LogP contribution in [0.3, 0.4) is 0 Å². The minimum Gasteiger partial charge on any atom is -0.497 e. The summed E-state index contributed by atoms with van der Waals surface area (Å²) in [6.07, 6.45) is -3.62. The molecule has 0 spiro atoms. The summed E-state index contributed by atoms with van der Waals surface area (Å²) in [5, 5.41) is 5.46. The van der Waals surface area contributed by atoms with E-state index in [0.717, 1.165) is 29.9 Å². The third kappa shape index (κ3) is 3.46. The second kappa shape index (κ2) is 6.80. The molecule has 0 bridgehead atoms. The summed E-state index contributed by atoms with van der Waals surface area (Å²) in [6.45, 7) is 0.835. The number of hydrogen-bond acceptors (Lipinski definition) is 5. The zero-order valence-electron chi connectivity index (χ0n) is 13.8. The molecule has 6 nitrogen and oxygen atoms in total. The molecule has 1 N–H and O–H groups in total. The van der Waals surface area contributed by atoms with Crippen LogP contribution in [-0.2, 0) is 0 Å². The number of rotatable bonds is 4. The Hall–Kier alpha value is -2.69. The number of hydrogen-bond donors (Lipinski definition) is 1. The Balaban J connectivity index is 2.30. The van der Waals surface area contributed by atoms with Crippen LogP contribution in [-0.4, -0.2) is 38.9 Å². The molecule has 144 valence electrons. The van der Waals surface area contributed by atoms with Crippen molar-refractivity contribution >= 4 is 23.2 Å². The molecule has 2 heterocycles. The van der Waals surface area contributed by atoms with E-state index < -0.39 is 46.0 Å². The van der Waals surface area contributed by atoms with Crippen LogP contribution in [0.25, 0.3) is 16.9 Å². The fraction of sp³-hybridized carbons (Fsp3) is 0.267. The number of aromatic nitrogens is 4. The largest absolute Gasteiger partial charge is 0.497 e. The highest BCUT2D eigenvalue weighted by Gasteiger charge is 2.37. The molecule has 2 aromatic heterocycles. The van der Waals surface area contributed by atoms with Crippen molar-refractivity contribution in [2.24, 2.45) is 0 Å². The first-order valence-electron chi connectivity index (χ1n) is 7.39. The smallest absolute Gasteiger partial charge is 0.408 e. The van der Waals surface area contributed by atoms with E-state index in [0.29, 0.717) is 0 Å². The van der Waals surface area contributed by atoms with Crippen LogP contribution in [0.15, 0.2) is 18.5 Å². The molecule has 3 aromatic rings. The van der Waals surface area contributed by atoms with Gasteiger partial charge in [-0.15, -0.1) is 0 Å². The third-order valence-corrected chi connectivity index (χ3v) is 4.00. The van der Waals surface area contributed by atoms with Gasteiger partial charge in [-0.3, -0.25) is 0 Å². The molecule has 1 aromatic carbocycles. The first-order valence-corrected chi connectivity index (χ1v) is 7.77. The van der Waals surface area contributed by atoms with Gasteiger partial charge in [-0.2, -0.15) is 32.8 Å². The predicted molar refractivity (Wildman–Crippen MR) is 86.8 cm³/mol. The van der Waals surface area contributed by atoms with Crippen molar-refractivity contribution in [3.8, 4) is 16.9 Å². The molecule has 27 heavy (non-hydrogen) atoms. The van der Waals surface area contributed by atoms with Crippen LogP contribution in [0.5, 0.6) is 5.75 Å². The Morgan fingerprint density at radius 3 is 2.37 bits per heavy atom. The molecule has 0 radical (unpaired) electrons. The maximum Gasteiger partial charge on any atom is 0.408 e. The van der Waals surface area contributed by atoms with Gasteiger partial charge in [0, 0.05) is 12.1 Å². The van der Waals surface area contributed by atoms with Gasteiger partial charge in [0.2, 0.25) is 0 Å². The van der Waals surface area contributed by atoms with E-state index in [1.54, 1.807) is 0 Å². The second-order valence-corrected chi connectivity index (χ2v) is 5.83. The van der Waals surface area contributed by atoms with Crippen molar-refractivity contribution in [3.05, 3.63) is 35.2 Å². The number of nitrogens with zero attached hydrogens (tertiary/aromatic N) is 4. The molecule has 0 saturated heterocycles. The Morgan fingerprint density at radius 2 is 1.81 bits per heavy atom. The molecule has 0 amide bonds. The van der Waals surface area contributed by atoms with E-state index in [9.17, 15) is 22.0 Å². The van der Waals surface area contributed by atoms with Crippen LogP contribution < -0.4 is 10.1 Å². The summed E-state index contributed by atoms with van der Waals surface area (Å²) in [6, 6.07) is -0.333. The van der Waals surface area contributed by atoms with Crippen molar-refractivity contribution in [3.63, 3.8) is 0 Å². The van der Waals surface area contributed by atoms with Crippen molar-refractivity contribution in [1.29, 1.82) is 0 Å². The number of methoxy groups -OCH3 is 1. The van der Waals surface area contributed by atoms with Gasteiger partial charge in [0.15, 0.2) is 0 Å². The van der Waals surface area contributed by atoms with Crippen molar-refractivity contribution in [1.82, 2.24) is 19.6 Å². The fourth-order valence-electron chi connectivity index (χ4n) is 2.37. The first kappa shape index (κ1) is 19.1. The topological polar surface area (TPSA) is 64.3 Å². The SMILES string of the molecule is COc1cc(F)c(-c2c(Cl)nc3ncnn3c2NC(C)C(F)(F)F)c(F)c1. The van der Waals surface area contributed by atoms with Gasteiger partial charge < -0.3 is 10.1 Å². The lowest BCUT2D eigenvalue weighted by Gasteiger charge is -2.21. The summed E-state index contributed by atoms with van der Waals surface area (Å²) >= 11 is 6.04. The standard InChI is InChI=1S/C15H11ClF5N5O/c1-6(15(19,20)21)24-13-11(12(16)25-14-22-5-23-26(13)14)10-8(17)3-7(27-2)4-9(10)18/h3-6,24H,1-2H3. The summed E-state index contributed by atoms with van der Waals surface area (Å²) in [4.78, 5) is 7.58. The molecular weight excluding hydrogens is 397 g/mol. The van der Waals surface area contributed by atoms with Crippen LogP contribution in [0.2, 0.25) is 5.15 Å². The van der Waals surface area contributed by atoms with E-state index in [1.807, 2.05) is 0 Å². The molecule has 0 aliphatic carbocycles. The zero-order valence-corrected chi connectivity index (χ0v) is 14.5. The molecule has 0 aliphatic heterocycles. The predicted octanol–water partition coefficient (Wildman–Crippen LogP) is 4.09. The molecular formula is C15H11ClF5N5O. The summed E-state index contributed by atoms with van der Waals surface area (Å²) < 4.78 is 73.8. The zero-order chi connectivity index (χ0) is 19.9. The number of ether oxygens (including phenoxy) is 1. The number of benzene rings is 1. The van der Waals surface area contributed by atoms with Crippen LogP contribution in [0.1, 0.15) is 6.92 Å². The van der Waals surface area contributed by atoms with Gasteiger partial charge in [-0.05, 0) is 6.92 Å². The van der Waals surface area contributed by atoms with E-state index in [1.165, 1.54) is 7.11 Å². The maximum absolute atomic E-state index is 14.5. The molecule has 0 fully saturated rings. The van der Waals surface area contributed by atoms with E-state index >= 15 is 0 Å². The van der Waals surface area contributed by atoms with Gasteiger partial charge in [-0.25, -0.2) is 8.78 Å². The highest BCUT2D eigenvalue weighted by Crippen LogP contribution is 2.39. The second-order valence-electron chi connectivity index (χ2n) is 5.47. The molecule has 3 rings (SSSR count). The van der Waals surface area contributed by atoms with Crippen molar-refractivity contribution < 1.29 is 26.7 Å². The Labute approximate surface area is 153 Å². The Morgan fingerprint density at radius 1 is 1.19 bits per heavy atom. The van der Waals surface area contributed by atoms with E-state index in [-0.39, 0.29) is 11.5 Å². The molecule has 0 saturated carbocycles. The maximum atomic E-state index is 14.5. The quantitative estimate of drug-likeness (QED) is 0.521. The molecule has 1 unspecified atom stereocenters. The van der Waals surface area contributed by atoms with Crippen molar-refractivity contribution in [2.45, 2.75) is 19.1 Å². The lowest BCUT2D eigenvalue weighted by molar-refractivity contribution is -0.138. The average molecular weight is 408 g/mol. The Kier molecular flexibility index (Phi) is 4.81. The average Bonchev–Trinajstić information content (AvgIpc) is 3.03. The first-order chi connectivity index (χ1) is 12.6. The third-order valence-electron chi connectivity index (χ3n) is 3.73. The van der Waals surface area contributed by atoms with E-state index in [4.69, 9.17) is 16.3 Å². The normalized spacial score (nSPS) is 13.0. The minimum atomic E-state index is -4.64. The van der Waals surface area contributed by atoms with Gasteiger partial charge in [0.05, 0.1) is 18.2 Å². The lowest BCUT2D eigenvalue weighted by atomic mass is 10.1. The van der Waals surface area contributed by atoms with Gasteiger partial charge in [0.1, 0.15) is 40.7 Å². The van der Waals surface area contributed by atoms with E-state index in [2.05, 4.69) is 20.4 Å². The van der Waals surface area contributed by atoms with Crippen LogP contribution in [0, 0.1) is 11.6 Å². The number of anilines is 1. The summed E-state index contributed by atoms with van der Waals surface area (Å²) in [5.74, 6) is -2.86. The van der Waals surface area contributed by atoms with Gasteiger partial charge >= 0.3 is 6.18 Å². The highest BCUT2D eigenvalue weighted by atomic mass is 35.5. The molecule has 1 atom stereocenters. The molecule has 12 heteroatoms. The van der Waals surface area contributed by atoms with Crippen LogP contribution >= 0.6 is 11.6 Å². The monoisotopic (exact) mass is 407 g/mol. The summed E-state index contributed by atoms with van der Waals surface area (Å²) in [7, 11) is 1.21. The fourth-order valence-corrected chi connectivity index (χ4v) is 2.62. The Bertz CT molecular complexity index is 983.